The number of anilines is 1. The number of nitro groups is 1. The highest BCUT2D eigenvalue weighted by atomic mass is 16.6. The highest BCUT2D eigenvalue weighted by Gasteiger charge is 2.31. The van der Waals surface area contributed by atoms with E-state index in [2.05, 4.69) is 5.32 Å². The molecular weight excluding hydrogens is 416 g/mol. The molecule has 0 bridgehead atoms. The lowest BCUT2D eigenvalue weighted by Gasteiger charge is -2.20. The average molecular weight is 432 g/mol. The van der Waals surface area contributed by atoms with Crippen LogP contribution in [0.5, 0.6) is 11.5 Å². The predicted octanol–water partition coefficient (Wildman–Crippen LogP) is 3.40. The molecule has 1 amide bonds. The van der Waals surface area contributed by atoms with Gasteiger partial charge in [-0.05, 0) is 18.2 Å². The summed E-state index contributed by atoms with van der Waals surface area (Å²) >= 11 is 0. The summed E-state index contributed by atoms with van der Waals surface area (Å²) in [6.07, 6.45) is 0. The lowest BCUT2D eigenvalue weighted by molar-refractivity contribution is -0.385. The summed E-state index contributed by atoms with van der Waals surface area (Å²) in [7, 11) is 1.37. The molecule has 4 rings (SSSR count). The molecule has 3 aromatic rings. The van der Waals surface area contributed by atoms with Gasteiger partial charge in [-0.15, -0.1) is 0 Å². The number of benzene rings is 3. The molecule has 0 saturated carbocycles. The number of carbonyl (C=O) groups is 3. The Morgan fingerprint density at radius 3 is 2.34 bits per heavy atom. The van der Waals surface area contributed by atoms with E-state index in [0.717, 1.165) is 0 Å². The van der Waals surface area contributed by atoms with Gasteiger partial charge in [0.05, 0.1) is 29.4 Å². The van der Waals surface area contributed by atoms with Crippen molar-refractivity contribution in [2.45, 2.75) is 0 Å². The van der Waals surface area contributed by atoms with E-state index in [9.17, 15) is 24.5 Å². The number of nitrogens with zero attached hydrogens (tertiary/aromatic N) is 1. The van der Waals surface area contributed by atoms with E-state index in [1.807, 2.05) is 0 Å². The summed E-state index contributed by atoms with van der Waals surface area (Å²) in [5.41, 5.74) is 0.665. The molecule has 3 aromatic carbocycles. The fourth-order valence-corrected chi connectivity index (χ4v) is 3.47. The molecule has 1 N–H and O–H groups in total. The summed E-state index contributed by atoms with van der Waals surface area (Å²) in [5.74, 6) is -1.18. The number of methoxy groups -OCH3 is 1. The van der Waals surface area contributed by atoms with E-state index in [1.54, 1.807) is 30.3 Å². The van der Waals surface area contributed by atoms with Crippen molar-refractivity contribution >= 4 is 28.8 Å². The molecule has 1 aliphatic carbocycles. The quantitative estimate of drug-likeness (QED) is 0.366. The summed E-state index contributed by atoms with van der Waals surface area (Å²) in [6.45, 7) is -0.546. The first-order valence-corrected chi connectivity index (χ1v) is 9.47. The van der Waals surface area contributed by atoms with Gasteiger partial charge in [0, 0.05) is 16.7 Å². The van der Waals surface area contributed by atoms with Gasteiger partial charge in [-0.3, -0.25) is 24.5 Å². The van der Waals surface area contributed by atoms with Gasteiger partial charge < -0.3 is 14.8 Å². The van der Waals surface area contributed by atoms with Crippen LogP contribution < -0.4 is 14.8 Å². The van der Waals surface area contributed by atoms with Gasteiger partial charge in [0.25, 0.3) is 5.91 Å². The summed E-state index contributed by atoms with van der Waals surface area (Å²) in [5, 5.41) is 13.8. The Hall–Kier alpha value is -4.53. The van der Waals surface area contributed by atoms with Crippen molar-refractivity contribution in [3.8, 4) is 11.5 Å². The molecule has 0 aromatic heterocycles. The van der Waals surface area contributed by atoms with Crippen LogP contribution in [0.1, 0.15) is 31.8 Å². The SMILES string of the molecule is COc1ccc(OCC(=O)Nc2cccc3c2C(=O)c2ccccc2C3=O)c([N+](=O)[O-])c1. The molecule has 0 heterocycles. The standard InChI is InChI=1S/C23H16N2O7/c1-31-13-9-10-19(18(11-13)25(29)30)32-12-20(26)24-17-8-4-7-16-21(17)23(28)15-6-3-2-5-14(15)22(16)27/h2-11H,12H2,1H3,(H,24,26). The Morgan fingerprint density at radius 2 is 1.66 bits per heavy atom. The third-order valence-electron chi connectivity index (χ3n) is 4.95. The van der Waals surface area contributed by atoms with Crippen molar-refractivity contribution in [1.29, 1.82) is 0 Å². The van der Waals surface area contributed by atoms with E-state index < -0.39 is 17.4 Å². The van der Waals surface area contributed by atoms with Crippen LogP contribution in [0.3, 0.4) is 0 Å². The average Bonchev–Trinajstić information content (AvgIpc) is 2.81. The Kier molecular flexibility index (Phi) is 5.38. The first-order valence-electron chi connectivity index (χ1n) is 9.47. The van der Waals surface area contributed by atoms with Crippen molar-refractivity contribution in [1.82, 2.24) is 0 Å². The summed E-state index contributed by atoms with van der Waals surface area (Å²) in [6, 6.07) is 15.0. The second-order valence-corrected chi connectivity index (χ2v) is 6.86. The van der Waals surface area contributed by atoms with Gasteiger partial charge in [-0.2, -0.15) is 0 Å². The van der Waals surface area contributed by atoms with Crippen molar-refractivity contribution < 1.29 is 28.8 Å². The number of hydrogen-bond acceptors (Lipinski definition) is 7. The van der Waals surface area contributed by atoms with Crippen molar-refractivity contribution in [3.63, 3.8) is 0 Å². The first-order chi connectivity index (χ1) is 15.4. The summed E-state index contributed by atoms with van der Waals surface area (Å²) < 4.78 is 10.3. The lowest BCUT2D eigenvalue weighted by atomic mass is 9.83. The third-order valence-corrected chi connectivity index (χ3v) is 4.95. The third kappa shape index (κ3) is 3.67. The fraction of sp³-hybridized carbons (Fsp3) is 0.0870. The van der Waals surface area contributed by atoms with Gasteiger partial charge in [0.2, 0.25) is 0 Å². The van der Waals surface area contributed by atoms with E-state index in [4.69, 9.17) is 9.47 Å². The molecule has 0 unspecified atom stereocenters. The normalized spacial score (nSPS) is 11.9. The number of fused-ring (bicyclic) bond motifs is 2. The molecule has 0 atom stereocenters. The van der Waals surface area contributed by atoms with Crippen LogP contribution in [-0.2, 0) is 4.79 Å². The topological polar surface area (TPSA) is 125 Å². The van der Waals surface area contributed by atoms with Crippen LogP contribution in [0.25, 0.3) is 0 Å². The van der Waals surface area contributed by atoms with Crippen molar-refractivity contribution in [2.24, 2.45) is 0 Å². The van der Waals surface area contributed by atoms with Crippen molar-refractivity contribution in [3.05, 3.63) is 93.0 Å². The number of carbonyl (C=O) groups excluding carboxylic acids is 3. The smallest absolute Gasteiger partial charge is 0.314 e. The van der Waals surface area contributed by atoms with Gasteiger partial charge in [0.1, 0.15) is 5.75 Å². The van der Waals surface area contributed by atoms with E-state index in [0.29, 0.717) is 5.56 Å². The molecule has 0 radical (unpaired) electrons. The van der Waals surface area contributed by atoms with E-state index >= 15 is 0 Å². The minimum atomic E-state index is -0.650. The minimum absolute atomic E-state index is 0.0972. The van der Waals surface area contributed by atoms with Crippen LogP contribution in [-0.4, -0.2) is 36.1 Å². The Bertz CT molecular complexity index is 1280. The van der Waals surface area contributed by atoms with Gasteiger partial charge in [-0.1, -0.05) is 36.4 Å². The van der Waals surface area contributed by atoms with E-state index in [-0.39, 0.29) is 51.1 Å². The van der Waals surface area contributed by atoms with E-state index in [1.165, 1.54) is 37.4 Å². The minimum Gasteiger partial charge on any atom is -0.496 e. The monoisotopic (exact) mass is 432 g/mol. The number of ether oxygens (including phenoxy) is 2. The zero-order valence-corrected chi connectivity index (χ0v) is 16.8. The van der Waals surface area contributed by atoms with Crippen LogP contribution in [0.2, 0.25) is 0 Å². The second kappa shape index (κ2) is 8.31. The number of nitrogens with one attached hydrogen (secondary N) is 1. The molecule has 9 heteroatoms. The van der Waals surface area contributed by atoms with Crippen LogP contribution in [0.4, 0.5) is 11.4 Å². The molecule has 0 fully saturated rings. The Balaban J connectivity index is 1.55. The molecule has 0 spiro atoms. The number of nitro benzene ring substituents is 1. The van der Waals surface area contributed by atoms with Gasteiger partial charge in [0.15, 0.2) is 23.9 Å². The maximum Gasteiger partial charge on any atom is 0.314 e. The maximum atomic E-state index is 13.0. The predicted molar refractivity (Wildman–Crippen MR) is 114 cm³/mol. The maximum absolute atomic E-state index is 13.0. The highest BCUT2D eigenvalue weighted by Crippen LogP contribution is 2.33. The molecule has 0 aliphatic heterocycles. The number of rotatable bonds is 6. The number of hydrogen-bond donors (Lipinski definition) is 1. The fourth-order valence-electron chi connectivity index (χ4n) is 3.47. The summed E-state index contributed by atoms with van der Waals surface area (Å²) in [4.78, 5) is 48.9. The largest absolute Gasteiger partial charge is 0.496 e. The zero-order valence-electron chi connectivity index (χ0n) is 16.8. The molecule has 0 saturated heterocycles. The molecular formula is C23H16N2O7. The highest BCUT2D eigenvalue weighted by molar-refractivity contribution is 6.30. The number of amides is 1. The van der Waals surface area contributed by atoms with Crippen LogP contribution >= 0.6 is 0 Å². The Morgan fingerprint density at radius 1 is 0.969 bits per heavy atom. The molecule has 32 heavy (non-hydrogen) atoms. The lowest BCUT2D eigenvalue weighted by Crippen LogP contribution is -2.26. The van der Waals surface area contributed by atoms with Gasteiger partial charge in [-0.25, -0.2) is 0 Å². The molecule has 1 aliphatic rings. The molecule has 9 nitrogen and oxygen atoms in total. The first kappa shape index (κ1) is 20.7. The second-order valence-electron chi connectivity index (χ2n) is 6.86. The zero-order chi connectivity index (χ0) is 22.8. The van der Waals surface area contributed by atoms with Gasteiger partial charge >= 0.3 is 5.69 Å². The Labute approximate surface area is 181 Å². The van der Waals surface area contributed by atoms with Crippen molar-refractivity contribution in [2.75, 3.05) is 19.0 Å². The van der Waals surface area contributed by atoms with Crippen LogP contribution in [0, 0.1) is 10.1 Å². The van der Waals surface area contributed by atoms with Crippen LogP contribution in [0.15, 0.2) is 60.7 Å². The molecule has 160 valence electrons. The number of ketones is 2.